The van der Waals surface area contributed by atoms with E-state index < -0.39 is 30.5 Å². The fourth-order valence-electron chi connectivity index (χ4n) is 1.41. The molecule has 1 heterocycles. The standard InChI is InChI=1S/C10H10F7N3O/c1-19(5-6-3-4-20(2)18-6)7(21)8(11,12)9(13,14)10(15,16)17/h3-4H,5H2,1-2H3. The van der Waals surface area contributed by atoms with Gasteiger partial charge < -0.3 is 4.90 Å². The van der Waals surface area contributed by atoms with E-state index >= 15 is 0 Å². The topological polar surface area (TPSA) is 38.1 Å². The normalized spacial score (nSPS) is 13.4. The third kappa shape index (κ3) is 3.10. The van der Waals surface area contributed by atoms with Crippen molar-refractivity contribution < 1.29 is 35.5 Å². The molecule has 1 rings (SSSR count). The van der Waals surface area contributed by atoms with Crippen molar-refractivity contribution in [3.05, 3.63) is 18.0 Å². The van der Waals surface area contributed by atoms with Gasteiger partial charge in [0, 0.05) is 20.3 Å². The van der Waals surface area contributed by atoms with E-state index in [9.17, 15) is 35.5 Å². The van der Waals surface area contributed by atoms with Gasteiger partial charge in [0.25, 0.3) is 5.91 Å². The summed E-state index contributed by atoms with van der Waals surface area (Å²) in [5, 5.41) is 3.69. The second kappa shape index (κ2) is 5.19. The molecule has 21 heavy (non-hydrogen) atoms. The monoisotopic (exact) mass is 321 g/mol. The van der Waals surface area contributed by atoms with E-state index in [1.165, 1.54) is 24.0 Å². The predicted molar refractivity (Wildman–Crippen MR) is 55.6 cm³/mol. The summed E-state index contributed by atoms with van der Waals surface area (Å²) in [6.07, 6.45) is -5.16. The fourth-order valence-corrected chi connectivity index (χ4v) is 1.41. The zero-order valence-electron chi connectivity index (χ0n) is 10.8. The number of nitrogens with zero attached hydrogens (tertiary/aromatic N) is 3. The first-order chi connectivity index (χ1) is 9.30. The van der Waals surface area contributed by atoms with Gasteiger partial charge in [0.15, 0.2) is 0 Å². The Labute approximate surface area is 114 Å². The van der Waals surface area contributed by atoms with Crippen molar-refractivity contribution in [3.63, 3.8) is 0 Å². The van der Waals surface area contributed by atoms with Gasteiger partial charge in [0.05, 0.1) is 12.2 Å². The summed E-state index contributed by atoms with van der Waals surface area (Å²) >= 11 is 0. The van der Waals surface area contributed by atoms with Gasteiger partial charge in [-0.2, -0.15) is 35.8 Å². The number of hydrogen-bond donors (Lipinski definition) is 0. The molecule has 0 radical (unpaired) electrons. The summed E-state index contributed by atoms with van der Waals surface area (Å²) in [6.45, 7) is -0.636. The van der Waals surface area contributed by atoms with Crippen LogP contribution in [0.1, 0.15) is 5.69 Å². The van der Waals surface area contributed by atoms with E-state index in [0.717, 1.165) is 0 Å². The molecular formula is C10H10F7N3O. The molecule has 0 aromatic carbocycles. The van der Waals surface area contributed by atoms with E-state index in [2.05, 4.69) is 5.10 Å². The molecule has 0 saturated carbocycles. The molecule has 120 valence electrons. The summed E-state index contributed by atoms with van der Waals surface area (Å²) in [4.78, 5) is 11.3. The Hall–Kier alpha value is -1.81. The Kier molecular flexibility index (Phi) is 4.26. The molecule has 0 fully saturated rings. The molecule has 0 N–H and O–H groups in total. The average Bonchev–Trinajstić information content (AvgIpc) is 2.71. The summed E-state index contributed by atoms with van der Waals surface area (Å²) in [5.41, 5.74) is 0.0551. The maximum absolute atomic E-state index is 13.2. The van der Waals surface area contributed by atoms with Crippen LogP contribution in [0.2, 0.25) is 0 Å². The molecule has 0 aliphatic carbocycles. The predicted octanol–water partition coefficient (Wildman–Crippen LogP) is 2.21. The van der Waals surface area contributed by atoms with E-state index in [1.54, 1.807) is 0 Å². The van der Waals surface area contributed by atoms with Crippen LogP contribution in [0.25, 0.3) is 0 Å². The second-order valence-electron chi connectivity index (χ2n) is 4.29. The van der Waals surface area contributed by atoms with Crippen molar-refractivity contribution >= 4 is 5.91 Å². The molecule has 0 atom stereocenters. The van der Waals surface area contributed by atoms with Crippen LogP contribution in [-0.4, -0.2) is 45.7 Å². The van der Waals surface area contributed by atoms with Crippen LogP contribution >= 0.6 is 0 Å². The van der Waals surface area contributed by atoms with Crippen LogP contribution < -0.4 is 0 Å². The Morgan fingerprint density at radius 2 is 1.76 bits per heavy atom. The van der Waals surface area contributed by atoms with Crippen molar-refractivity contribution in [1.29, 1.82) is 0 Å². The minimum absolute atomic E-state index is 0.0551. The minimum Gasteiger partial charge on any atom is -0.334 e. The van der Waals surface area contributed by atoms with E-state index in [-0.39, 0.29) is 10.6 Å². The number of amides is 1. The smallest absolute Gasteiger partial charge is 0.334 e. The number of aryl methyl sites for hydroxylation is 1. The van der Waals surface area contributed by atoms with Crippen LogP contribution in [0.3, 0.4) is 0 Å². The number of halogens is 7. The largest absolute Gasteiger partial charge is 0.460 e. The lowest BCUT2D eigenvalue weighted by atomic mass is 10.1. The number of rotatable bonds is 4. The Bertz CT molecular complexity index is 523. The highest BCUT2D eigenvalue weighted by molar-refractivity contribution is 5.84. The molecule has 4 nitrogen and oxygen atoms in total. The molecule has 1 aromatic rings. The maximum atomic E-state index is 13.2. The highest BCUT2D eigenvalue weighted by atomic mass is 19.4. The van der Waals surface area contributed by atoms with E-state index in [4.69, 9.17) is 0 Å². The van der Waals surface area contributed by atoms with Crippen molar-refractivity contribution in [1.82, 2.24) is 14.7 Å². The molecular weight excluding hydrogens is 311 g/mol. The van der Waals surface area contributed by atoms with Crippen LogP contribution in [0.4, 0.5) is 30.7 Å². The summed E-state index contributed by atoms with van der Waals surface area (Å²) in [6, 6.07) is 1.30. The van der Waals surface area contributed by atoms with E-state index in [1.807, 2.05) is 0 Å². The van der Waals surface area contributed by atoms with Crippen LogP contribution in [-0.2, 0) is 18.4 Å². The molecule has 1 amide bonds. The molecule has 0 aliphatic rings. The van der Waals surface area contributed by atoms with Gasteiger partial charge in [-0.05, 0) is 6.07 Å². The van der Waals surface area contributed by atoms with E-state index in [0.29, 0.717) is 7.05 Å². The Morgan fingerprint density at radius 1 is 1.24 bits per heavy atom. The lowest BCUT2D eigenvalue weighted by Gasteiger charge is -2.30. The van der Waals surface area contributed by atoms with Crippen molar-refractivity contribution in [2.45, 2.75) is 24.6 Å². The molecule has 0 spiro atoms. The number of aromatic nitrogens is 2. The zero-order valence-corrected chi connectivity index (χ0v) is 10.8. The zero-order chi connectivity index (χ0) is 16.6. The van der Waals surface area contributed by atoms with Crippen molar-refractivity contribution in [3.8, 4) is 0 Å². The third-order valence-electron chi connectivity index (χ3n) is 2.53. The number of alkyl halides is 7. The highest BCUT2D eigenvalue weighted by Crippen LogP contribution is 2.47. The lowest BCUT2D eigenvalue weighted by molar-refractivity contribution is -0.345. The number of hydrogen-bond acceptors (Lipinski definition) is 2. The van der Waals surface area contributed by atoms with Gasteiger partial charge >= 0.3 is 18.0 Å². The quantitative estimate of drug-likeness (QED) is 0.798. The minimum atomic E-state index is -6.54. The van der Waals surface area contributed by atoms with Gasteiger partial charge in [0.1, 0.15) is 0 Å². The molecule has 1 aromatic heterocycles. The summed E-state index contributed by atoms with van der Waals surface area (Å²) in [7, 11) is 2.15. The maximum Gasteiger partial charge on any atom is 0.460 e. The van der Waals surface area contributed by atoms with Crippen LogP contribution in [0.15, 0.2) is 12.3 Å². The van der Waals surface area contributed by atoms with Gasteiger partial charge in [-0.1, -0.05) is 0 Å². The number of carbonyl (C=O) groups is 1. The van der Waals surface area contributed by atoms with Gasteiger partial charge in [-0.15, -0.1) is 0 Å². The SMILES string of the molecule is CN(Cc1ccn(C)n1)C(=O)C(F)(F)C(F)(F)C(F)(F)F. The highest BCUT2D eigenvalue weighted by Gasteiger charge is 2.76. The van der Waals surface area contributed by atoms with Gasteiger partial charge in [-0.25, -0.2) is 0 Å². The van der Waals surface area contributed by atoms with Gasteiger partial charge in [0.2, 0.25) is 0 Å². The Morgan fingerprint density at radius 3 is 2.14 bits per heavy atom. The lowest BCUT2D eigenvalue weighted by Crippen LogP contribution is -2.59. The molecule has 0 unspecified atom stereocenters. The first kappa shape index (κ1) is 17.2. The second-order valence-corrected chi connectivity index (χ2v) is 4.29. The summed E-state index contributed by atoms with van der Waals surface area (Å²) in [5.74, 6) is -15.0. The van der Waals surface area contributed by atoms with Gasteiger partial charge in [-0.3, -0.25) is 9.48 Å². The molecule has 0 aliphatic heterocycles. The summed E-state index contributed by atoms with van der Waals surface area (Å²) < 4.78 is 88.9. The first-order valence-electron chi connectivity index (χ1n) is 5.37. The fraction of sp³-hybridized carbons (Fsp3) is 0.600. The third-order valence-corrected chi connectivity index (χ3v) is 2.53. The van der Waals surface area contributed by atoms with Crippen LogP contribution in [0.5, 0.6) is 0 Å². The average molecular weight is 321 g/mol. The molecule has 0 saturated heterocycles. The number of carbonyl (C=O) groups excluding carboxylic acids is 1. The molecule has 0 bridgehead atoms. The van der Waals surface area contributed by atoms with Crippen LogP contribution in [0, 0.1) is 0 Å². The Balaban J connectivity index is 2.95. The molecule has 11 heteroatoms. The van der Waals surface area contributed by atoms with Crippen molar-refractivity contribution in [2.24, 2.45) is 7.05 Å². The van der Waals surface area contributed by atoms with Crippen molar-refractivity contribution in [2.75, 3.05) is 7.05 Å². The first-order valence-corrected chi connectivity index (χ1v) is 5.37.